The molecule has 15 heavy (non-hydrogen) atoms. The topological polar surface area (TPSA) is 55.5 Å². The van der Waals surface area contributed by atoms with Crippen LogP contribution in [0.1, 0.15) is 5.56 Å². The molecule has 0 aliphatic carbocycles. The number of benzene rings is 1. The predicted octanol–water partition coefficient (Wildman–Crippen LogP) is 0.507. The molecule has 0 aromatic heterocycles. The van der Waals surface area contributed by atoms with Gasteiger partial charge in [-0.3, -0.25) is 0 Å². The Hall–Kier alpha value is -1.57. The molecule has 1 aromatic rings. The molecule has 0 amide bonds. The van der Waals surface area contributed by atoms with E-state index in [0.717, 1.165) is 0 Å². The number of ether oxygens (including phenoxy) is 1. The highest BCUT2D eigenvalue weighted by molar-refractivity contribution is 5.47. The van der Waals surface area contributed by atoms with E-state index in [1.807, 2.05) is 0 Å². The Balaban J connectivity index is 2.97. The quantitative estimate of drug-likeness (QED) is 0.713. The molecule has 0 bridgehead atoms. The molecule has 0 atom stereocenters. The number of rotatable bonds is 3. The second-order valence-corrected chi connectivity index (χ2v) is 2.69. The molecule has 4 heteroatoms. The van der Waals surface area contributed by atoms with Gasteiger partial charge in [0.25, 0.3) is 0 Å². The maximum Gasteiger partial charge on any atom is 0.142 e. The second-order valence-electron chi connectivity index (χ2n) is 2.69. The lowest BCUT2D eigenvalue weighted by molar-refractivity contribution is 0.200. The Bertz CT molecular complexity index is 382. The van der Waals surface area contributed by atoms with Crippen LogP contribution in [-0.4, -0.2) is 24.9 Å². The molecule has 0 saturated carbocycles. The summed E-state index contributed by atoms with van der Waals surface area (Å²) in [6.07, 6.45) is 0. The smallest absolute Gasteiger partial charge is 0.142 e. The maximum absolute atomic E-state index is 13.3. The summed E-state index contributed by atoms with van der Waals surface area (Å²) in [6, 6.07) is 4.42. The molecule has 1 rings (SSSR count). The van der Waals surface area contributed by atoms with Gasteiger partial charge in [-0.25, -0.2) is 4.39 Å². The molecule has 0 aliphatic heterocycles. The molecule has 80 valence electrons. The van der Waals surface area contributed by atoms with Crippen LogP contribution in [0.5, 0.6) is 5.75 Å². The number of hydrogen-bond acceptors (Lipinski definition) is 3. The first kappa shape index (κ1) is 11.5. The van der Waals surface area contributed by atoms with E-state index in [9.17, 15) is 4.39 Å². The fraction of sp³-hybridized carbons (Fsp3) is 0.273. The van der Waals surface area contributed by atoms with Crippen molar-refractivity contribution in [2.45, 2.75) is 0 Å². The molecule has 0 fully saturated rings. The van der Waals surface area contributed by atoms with Crippen molar-refractivity contribution in [3.8, 4) is 17.6 Å². The summed E-state index contributed by atoms with van der Waals surface area (Å²) >= 11 is 0. The zero-order valence-electron chi connectivity index (χ0n) is 8.16. The zero-order chi connectivity index (χ0) is 11.1. The van der Waals surface area contributed by atoms with E-state index in [1.165, 1.54) is 12.1 Å². The molecule has 3 nitrogen and oxygen atoms in total. The number of hydrogen-bond donors (Lipinski definition) is 2. The second kappa shape index (κ2) is 6.02. The van der Waals surface area contributed by atoms with E-state index >= 15 is 0 Å². The van der Waals surface area contributed by atoms with Crippen LogP contribution in [0.15, 0.2) is 18.2 Å². The lowest BCUT2D eigenvalue weighted by Crippen LogP contribution is -2.04. The summed E-state index contributed by atoms with van der Waals surface area (Å²) in [7, 11) is 0. The van der Waals surface area contributed by atoms with Crippen LogP contribution in [0.25, 0.3) is 0 Å². The minimum Gasteiger partial charge on any atom is -0.490 e. The highest BCUT2D eigenvalue weighted by Gasteiger charge is 2.06. The summed E-state index contributed by atoms with van der Waals surface area (Å²) in [4.78, 5) is 0. The average Bonchev–Trinajstić information content (AvgIpc) is 2.25. The van der Waals surface area contributed by atoms with Gasteiger partial charge < -0.3 is 15.6 Å². The van der Waals surface area contributed by atoms with E-state index in [0.29, 0.717) is 5.75 Å². The van der Waals surface area contributed by atoms with Crippen LogP contribution < -0.4 is 10.5 Å². The Labute approximate surface area is 87.7 Å². The van der Waals surface area contributed by atoms with Crippen LogP contribution in [-0.2, 0) is 0 Å². The van der Waals surface area contributed by atoms with Gasteiger partial charge in [0, 0.05) is 0 Å². The molecule has 0 heterocycles. The Morgan fingerprint density at radius 2 is 2.27 bits per heavy atom. The minimum atomic E-state index is -0.452. The van der Waals surface area contributed by atoms with Crippen LogP contribution >= 0.6 is 0 Å². The Morgan fingerprint density at radius 3 is 2.93 bits per heavy atom. The van der Waals surface area contributed by atoms with Crippen molar-refractivity contribution >= 4 is 0 Å². The highest BCUT2D eigenvalue weighted by atomic mass is 19.1. The monoisotopic (exact) mass is 209 g/mol. The first-order valence-electron chi connectivity index (χ1n) is 4.50. The summed E-state index contributed by atoms with van der Waals surface area (Å²) < 4.78 is 18.4. The lowest BCUT2D eigenvalue weighted by atomic mass is 10.2. The van der Waals surface area contributed by atoms with E-state index in [1.54, 1.807) is 6.07 Å². The van der Waals surface area contributed by atoms with E-state index < -0.39 is 5.82 Å². The molecule has 0 spiro atoms. The third-order valence-electron chi connectivity index (χ3n) is 1.64. The van der Waals surface area contributed by atoms with Gasteiger partial charge in [0.05, 0.1) is 13.2 Å². The summed E-state index contributed by atoms with van der Waals surface area (Å²) in [6.45, 7) is 0.148. The molecule has 0 unspecified atom stereocenters. The third-order valence-corrected chi connectivity index (χ3v) is 1.64. The van der Waals surface area contributed by atoms with Gasteiger partial charge in [0.2, 0.25) is 0 Å². The van der Waals surface area contributed by atoms with E-state index in [-0.39, 0.29) is 25.3 Å². The fourth-order valence-corrected chi connectivity index (χ4v) is 1.04. The van der Waals surface area contributed by atoms with Gasteiger partial charge in [-0.05, 0) is 12.1 Å². The standard InChI is InChI=1S/C11H12FNO2/c12-10-4-1-5-11(15-8-7-14)9(10)3-2-6-13/h1,4-5,14H,6-8,13H2. The Morgan fingerprint density at radius 1 is 1.47 bits per heavy atom. The predicted molar refractivity (Wildman–Crippen MR) is 54.9 cm³/mol. The van der Waals surface area contributed by atoms with Gasteiger partial charge in [0.15, 0.2) is 0 Å². The van der Waals surface area contributed by atoms with Crippen LogP contribution in [0.4, 0.5) is 4.39 Å². The number of nitrogens with two attached hydrogens (primary N) is 1. The average molecular weight is 209 g/mol. The lowest BCUT2D eigenvalue weighted by Gasteiger charge is -2.06. The van der Waals surface area contributed by atoms with Crippen LogP contribution in [0, 0.1) is 17.7 Å². The maximum atomic E-state index is 13.3. The first-order valence-corrected chi connectivity index (χ1v) is 4.50. The van der Waals surface area contributed by atoms with Crippen molar-refractivity contribution in [2.75, 3.05) is 19.8 Å². The third kappa shape index (κ3) is 3.24. The fourth-order valence-electron chi connectivity index (χ4n) is 1.04. The van der Waals surface area contributed by atoms with Crippen molar-refractivity contribution in [1.82, 2.24) is 0 Å². The van der Waals surface area contributed by atoms with Gasteiger partial charge in [-0.2, -0.15) is 0 Å². The largest absolute Gasteiger partial charge is 0.490 e. The molecule has 1 aromatic carbocycles. The zero-order valence-corrected chi connectivity index (χ0v) is 8.16. The molecule has 0 aliphatic rings. The van der Waals surface area contributed by atoms with Gasteiger partial charge in [0.1, 0.15) is 23.7 Å². The van der Waals surface area contributed by atoms with Gasteiger partial charge in [-0.15, -0.1) is 0 Å². The molecule has 0 radical (unpaired) electrons. The van der Waals surface area contributed by atoms with Crippen LogP contribution in [0.3, 0.4) is 0 Å². The van der Waals surface area contributed by atoms with Crippen molar-refractivity contribution in [2.24, 2.45) is 5.73 Å². The molecular formula is C11H12FNO2. The van der Waals surface area contributed by atoms with Crippen molar-refractivity contribution in [3.05, 3.63) is 29.6 Å². The van der Waals surface area contributed by atoms with Gasteiger partial charge >= 0.3 is 0 Å². The summed E-state index contributed by atoms with van der Waals surface area (Å²) in [5.41, 5.74) is 5.38. The van der Waals surface area contributed by atoms with Crippen molar-refractivity contribution in [1.29, 1.82) is 0 Å². The molecular weight excluding hydrogens is 197 g/mol. The number of aliphatic hydroxyl groups is 1. The normalized spacial score (nSPS) is 9.27. The van der Waals surface area contributed by atoms with E-state index in [2.05, 4.69) is 11.8 Å². The number of halogens is 1. The SMILES string of the molecule is NCC#Cc1c(F)cccc1OCCO. The van der Waals surface area contributed by atoms with Crippen molar-refractivity contribution in [3.63, 3.8) is 0 Å². The van der Waals surface area contributed by atoms with Gasteiger partial charge in [-0.1, -0.05) is 17.9 Å². The summed E-state index contributed by atoms with van der Waals surface area (Å²) in [5, 5.41) is 8.59. The molecule has 3 N–H and O–H groups in total. The molecule has 0 saturated heterocycles. The van der Waals surface area contributed by atoms with E-state index in [4.69, 9.17) is 15.6 Å². The first-order chi connectivity index (χ1) is 7.29. The van der Waals surface area contributed by atoms with Crippen molar-refractivity contribution < 1.29 is 14.2 Å². The Kier molecular flexibility index (Phi) is 4.61. The highest BCUT2D eigenvalue weighted by Crippen LogP contribution is 2.20. The minimum absolute atomic E-state index is 0.112. The summed E-state index contributed by atoms with van der Waals surface area (Å²) in [5.74, 6) is 5.02. The number of aliphatic hydroxyl groups excluding tert-OH is 1. The van der Waals surface area contributed by atoms with Crippen LogP contribution in [0.2, 0.25) is 0 Å².